The molecule has 1 saturated heterocycles. The highest BCUT2D eigenvalue weighted by Gasteiger charge is 2.33. The molecule has 0 aromatic heterocycles. The minimum absolute atomic E-state index is 0.306. The molecule has 1 aliphatic heterocycles. The van der Waals surface area contributed by atoms with E-state index in [1.165, 1.54) is 19.3 Å². The van der Waals surface area contributed by atoms with E-state index in [1.807, 2.05) is 0 Å². The molecule has 0 bridgehead atoms. The monoisotopic (exact) mass is 252 g/mol. The predicted molar refractivity (Wildman–Crippen MR) is 74.4 cm³/mol. The van der Waals surface area contributed by atoms with E-state index in [0.29, 0.717) is 23.9 Å². The summed E-state index contributed by atoms with van der Waals surface area (Å²) in [6.45, 7) is 8.42. The van der Waals surface area contributed by atoms with Crippen molar-refractivity contribution in [3.63, 3.8) is 0 Å². The molecule has 2 atom stereocenters. The highest BCUT2D eigenvalue weighted by atomic mass is 16.2. The maximum absolute atomic E-state index is 12.6. The zero-order chi connectivity index (χ0) is 13.1. The van der Waals surface area contributed by atoms with Crippen LogP contribution in [0.5, 0.6) is 0 Å². The van der Waals surface area contributed by atoms with Gasteiger partial charge in [-0.2, -0.15) is 0 Å². The van der Waals surface area contributed by atoms with E-state index in [0.717, 1.165) is 31.8 Å². The van der Waals surface area contributed by atoms with Gasteiger partial charge in [0, 0.05) is 31.1 Å². The Kier molecular flexibility index (Phi) is 4.66. The zero-order valence-corrected chi connectivity index (χ0v) is 12.1. The van der Waals surface area contributed by atoms with Crippen molar-refractivity contribution in [1.82, 2.24) is 10.2 Å². The number of piperazine rings is 1. The Bertz CT molecular complexity index is 284. The molecular weight excluding hydrogens is 224 g/mol. The Balaban J connectivity index is 1.90. The minimum atomic E-state index is 0.306. The molecular formula is C15H28N2O. The lowest BCUT2D eigenvalue weighted by molar-refractivity contribution is -0.140. The van der Waals surface area contributed by atoms with Crippen molar-refractivity contribution in [2.45, 2.75) is 65.0 Å². The van der Waals surface area contributed by atoms with Gasteiger partial charge in [-0.3, -0.25) is 4.79 Å². The highest BCUT2D eigenvalue weighted by Crippen LogP contribution is 2.32. The topological polar surface area (TPSA) is 32.3 Å². The summed E-state index contributed by atoms with van der Waals surface area (Å²) in [6, 6.07) is 0.801. The average Bonchev–Trinajstić information content (AvgIpc) is 2.41. The SMILES string of the molecule is CCC1CCC(C(=O)N2CC(C)NCC2C)CC1. The molecule has 1 amide bonds. The van der Waals surface area contributed by atoms with Gasteiger partial charge in [0.05, 0.1) is 0 Å². The van der Waals surface area contributed by atoms with E-state index < -0.39 is 0 Å². The molecule has 1 aliphatic carbocycles. The van der Waals surface area contributed by atoms with E-state index >= 15 is 0 Å². The number of rotatable bonds is 2. The van der Waals surface area contributed by atoms with Gasteiger partial charge < -0.3 is 10.2 Å². The first-order valence-electron chi connectivity index (χ1n) is 7.65. The maximum atomic E-state index is 12.6. The van der Waals surface area contributed by atoms with Crippen LogP contribution in [0.3, 0.4) is 0 Å². The molecule has 1 N–H and O–H groups in total. The Morgan fingerprint density at radius 2 is 1.89 bits per heavy atom. The first kappa shape index (κ1) is 13.9. The molecule has 0 spiro atoms. The van der Waals surface area contributed by atoms with E-state index in [1.54, 1.807) is 0 Å². The standard InChI is InChI=1S/C15H28N2O/c1-4-13-5-7-14(8-6-13)15(18)17-10-11(2)16-9-12(17)3/h11-14,16H,4-10H2,1-3H3. The van der Waals surface area contributed by atoms with Crippen molar-refractivity contribution >= 4 is 5.91 Å². The van der Waals surface area contributed by atoms with Gasteiger partial charge in [-0.25, -0.2) is 0 Å². The van der Waals surface area contributed by atoms with Gasteiger partial charge in [0.1, 0.15) is 0 Å². The quantitative estimate of drug-likeness (QED) is 0.818. The summed E-state index contributed by atoms with van der Waals surface area (Å²) in [6.07, 6.45) is 6.01. The summed E-state index contributed by atoms with van der Waals surface area (Å²) in [5.74, 6) is 1.60. The molecule has 2 fully saturated rings. The number of amides is 1. The Labute approximate surface area is 111 Å². The van der Waals surface area contributed by atoms with Crippen LogP contribution in [0.4, 0.5) is 0 Å². The summed E-state index contributed by atoms with van der Waals surface area (Å²) in [7, 11) is 0. The fraction of sp³-hybridized carbons (Fsp3) is 0.933. The van der Waals surface area contributed by atoms with E-state index in [4.69, 9.17) is 0 Å². The number of nitrogens with zero attached hydrogens (tertiary/aromatic N) is 1. The second kappa shape index (κ2) is 6.05. The molecule has 3 heteroatoms. The van der Waals surface area contributed by atoms with Crippen molar-refractivity contribution in [3.8, 4) is 0 Å². The van der Waals surface area contributed by atoms with Gasteiger partial charge >= 0.3 is 0 Å². The van der Waals surface area contributed by atoms with Crippen molar-refractivity contribution in [3.05, 3.63) is 0 Å². The lowest BCUT2D eigenvalue weighted by atomic mass is 9.80. The van der Waals surface area contributed by atoms with Crippen molar-refractivity contribution in [2.75, 3.05) is 13.1 Å². The fourth-order valence-electron chi connectivity index (χ4n) is 3.38. The van der Waals surface area contributed by atoms with Gasteiger partial charge in [-0.15, -0.1) is 0 Å². The largest absolute Gasteiger partial charge is 0.337 e. The first-order chi connectivity index (χ1) is 8.61. The van der Waals surface area contributed by atoms with Gasteiger partial charge in [-0.05, 0) is 45.4 Å². The van der Waals surface area contributed by atoms with Crippen LogP contribution >= 0.6 is 0 Å². The zero-order valence-electron chi connectivity index (χ0n) is 12.1. The molecule has 2 rings (SSSR count). The normalized spacial score (nSPS) is 37.6. The molecule has 1 saturated carbocycles. The third kappa shape index (κ3) is 3.05. The molecule has 2 unspecified atom stereocenters. The minimum Gasteiger partial charge on any atom is -0.337 e. The number of hydrogen-bond acceptors (Lipinski definition) is 2. The van der Waals surface area contributed by atoms with Gasteiger partial charge in [-0.1, -0.05) is 13.3 Å². The molecule has 1 heterocycles. The summed E-state index contributed by atoms with van der Waals surface area (Å²) in [5.41, 5.74) is 0. The third-order valence-electron chi connectivity index (χ3n) is 4.82. The molecule has 3 nitrogen and oxygen atoms in total. The molecule has 0 aromatic rings. The lowest BCUT2D eigenvalue weighted by Gasteiger charge is -2.40. The first-order valence-corrected chi connectivity index (χ1v) is 7.65. The molecule has 0 aromatic carbocycles. The molecule has 104 valence electrons. The summed E-state index contributed by atoms with van der Waals surface area (Å²) >= 11 is 0. The fourth-order valence-corrected chi connectivity index (χ4v) is 3.38. The van der Waals surface area contributed by atoms with Gasteiger partial charge in [0.15, 0.2) is 0 Å². The van der Waals surface area contributed by atoms with Gasteiger partial charge in [0.2, 0.25) is 5.91 Å². The van der Waals surface area contributed by atoms with Crippen LogP contribution in [0.1, 0.15) is 52.9 Å². The molecule has 2 aliphatic rings. The summed E-state index contributed by atoms with van der Waals surface area (Å²) in [5, 5.41) is 3.44. The second-order valence-corrected chi connectivity index (χ2v) is 6.27. The number of carbonyl (C=O) groups is 1. The van der Waals surface area contributed by atoms with E-state index in [2.05, 4.69) is 31.0 Å². The third-order valence-corrected chi connectivity index (χ3v) is 4.82. The Morgan fingerprint density at radius 1 is 1.22 bits per heavy atom. The number of nitrogens with one attached hydrogen (secondary N) is 1. The smallest absolute Gasteiger partial charge is 0.226 e. The number of carbonyl (C=O) groups excluding carboxylic acids is 1. The Hall–Kier alpha value is -0.570. The van der Waals surface area contributed by atoms with Crippen molar-refractivity contribution in [1.29, 1.82) is 0 Å². The highest BCUT2D eigenvalue weighted by molar-refractivity contribution is 5.79. The van der Waals surface area contributed by atoms with Crippen molar-refractivity contribution in [2.24, 2.45) is 11.8 Å². The predicted octanol–water partition coefficient (Wildman–Crippen LogP) is 2.41. The van der Waals surface area contributed by atoms with Crippen LogP contribution in [0.25, 0.3) is 0 Å². The maximum Gasteiger partial charge on any atom is 0.226 e. The lowest BCUT2D eigenvalue weighted by Crippen LogP contribution is -2.57. The van der Waals surface area contributed by atoms with Crippen LogP contribution < -0.4 is 5.32 Å². The Morgan fingerprint density at radius 3 is 2.50 bits per heavy atom. The summed E-state index contributed by atoms with van der Waals surface area (Å²) in [4.78, 5) is 14.7. The van der Waals surface area contributed by atoms with E-state index in [9.17, 15) is 4.79 Å². The molecule has 0 radical (unpaired) electrons. The van der Waals surface area contributed by atoms with Crippen LogP contribution in [0.15, 0.2) is 0 Å². The average molecular weight is 252 g/mol. The van der Waals surface area contributed by atoms with Crippen LogP contribution in [-0.2, 0) is 4.79 Å². The number of hydrogen-bond donors (Lipinski definition) is 1. The second-order valence-electron chi connectivity index (χ2n) is 6.27. The van der Waals surface area contributed by atoms with Crippen molar-refractivity contribution < 1.29 is 4.79 Å². The van der Waals surface area contributed by atoms with Crippen LogP contribution in [-0.4, -0.2) is 36.0 Å². The van der Waals surface area contributed by atoms with Crippen LogP contribution in [0.2, 0.25) is 0 Å². The van der Waals surface area contributed by atoms with E-state index in [-0.39, 0.29) is 0 Å². The molecule has 18 heavy (non-hydrogen) atoms. The van der Waals surface area contributed by atoms with Gasteiger partial charge in [0.25, 0.3) is 0 Å². The summed E-state index contributed by atoms with van der Waals surface area (Å²) < 4.78 is 0. The van der Waals surface area contributed by atoms with Crippen LogP contribution in [0, 0.1) is 11.8 Å².